The van der Waals surface area contributed by atoms with Gasteiger partial charge >= 0.3 is 0 Å². The van der Waals surface area contributed by atoms with Crippen molar-refractivity contribution < 1.29 is 9.53 Å². The lowest BCUT2D eigenvalue weighted by Crippen LogP contribution is -2.33. The maximum atomic E-state index is 13.0. The summed E-state index contributed by atoms with van der Waals surface area (Å²) in [5.41, 5.74) is 7.97. The maximum absolute atomic E-state index is 13.0. The Kier molecular flexibility index (Phi) is 5.71. The van der Waals surface area contributed by atoms with Gasteiger partial charge in [-0.15, -0.1) is 23.1 Å². The Morgan fingerprint density at radius 3 is 2.77 bits per heavy atom. The Morgan fingerprint density at radius 2 is 2.07 bits per heavy atom. The smallest absolute Gasteiger partial charge is 0.205 e. The number of nitriles is 1. The molecule has 1 atom stereocenters. The number of rotatable bonds is 4. The third-order valence-electron chi connectivity index (χ3n) is 5.25. The van der Waals surface area contributed by atoms with E-state index < -0.39 is 5.92 Å². The van der Waals surface area contributed by atoms with Gasteiger partial charge in [-0.05, 0) is 46.7 Å². The zero-order valence-electron chi connectivity index (χ0n) is 16.7. The van der Waals surface area contributed by atoms with Crippen LogP contribution < -0.4 is 5.73 Å². The lowest BCUT2D eigenvalue weighted by atomic mass is 9.71. The number of hydrogen-bond donors (Lipinski definition) is 1. The molecule has 0 saturated heterocycles. The summed E-state index contributed by atoms with van der Waals surface area (Å²) < 4.78 is 5.76. The molecule has 154 valence electrons. The minimum atomic E-state index is -0.443. The van der Waals surface area contributed by atoms with Gasteiger partial charge in [0.25, 0.3) is 0 Å². The van der Waals surface area contributed by atoms with Crippen LogP contribution in [0.1, 0.15) is 43.0 Å². The fourth-order valence-electron chi connectivity index (χ4n) is 3.89. The van der Waals surface area contributed by atoms with Crippen LogP contribution in [0.25, 0.3) is 0 Å². The van der Waals surface area contributed by atoms with Crippen molar-refractivity contribution in [3.05, 3.63) is 74.0 Å². The summed E-state index contributed by atoms with van der Waals surface area (Å²) in [6.45, 7) is 4.09. The van der Waals surface area contributed by atoms with Crippen molar-refractivity contribution in [2.75, 3.05) is 0 Å². The Morgan fingerprint density at radius 1 is 1.33 bits per heavy atom. The lowest BCUT2D eigenvalue weighted by molar-refractivity contribution is -0.119. The highest BCUT2D eigenvalue weighted by molar-refractivity contribution is 7.98. The average molecular weight is 457 g/mol. The number of halogens is 1. The van der Waals surface area contributed by atoms with E-state index in [1.54, 1.807) is 23.1 Å². The molecule has 0 unspecified atom stereocenters. The Balaban J connectivity index is 1.63. The van der Waals surface area contributed by atoms with E-state index in [0.29, 0.717) is 29.7 Å². The summed E-state index contributed by atoms with van der Waals surface area (Å²) in [5, 5.41) is 12.5. The quantitative estimate of drug-likeness (QED) is 0.558. The van der Waals surface area contributed by atoms with Crippen LogP contribution in [0.3, 0.4) is 0 Å². The summed E-state index contributed by atoms with van der Waals surface area (Å²) in [7, 11) is 0. The summed E-state index contributed by atoms with van der Waals surface area (Å²) in [6, 6.07) is 12.0. The number of carbonyl (C=O) groups excluding carboxylic acids is 1. The number of benzene rings is 1. The number of Topliss-reactive ketones (excluding diaryl/α,β-unsaturated/α-hetero) is 1. The SMILES string of the molecule is CC1(C)CC(=O)C2=C(C1)OC(N)=C(C#N)[C@@H]2c1cc(CSc2ccc(Cl)cc2)cs1. The number of ether oxygens (including phenoxy) is 1. The number of nitrogens with zero attached hydrogens (tertiary/aromatic N) is 1. The van der Waals surface area contributed by atoms with Gasteiger partial charge in [0.15, 0.2) is 5.78 Å². The van der Waals surface area contributed by atoms with Gasteiger partial charge in [0, 0.05) is 39.0 Å². The second-order valence-corrected chi connectivity index (χ2v) is 10.7. The summed E-state index contributed by atoms with van der Waals surface area (Å²) in [6.07, 6.45) is 1.07. The molecule has 4 nitrogen and oxygen atoms in total. The highest BCUT2D eigenvalue weighted by Gasteiger charge is 2.43. The molecule has 1 aliphatic heterocycles. The van der Waals surface area contributed by atoms with Crippen LogP contribution >= 0.6 is 34.7 Å². The molecule has 1 aromatic carbocycles. The van der Waals surface area contributed by atoms with Crippen molar-refractivity contribution in [1.82, 2.24) is 0 Å². The average Bonchev–Trinajstić information content (AvgIpc) is 3.14. The van der Waals surface area contributed by atoms with Crippen LogP contribution in [0.2, 0.25) is 5.02 Å². The monoisotopic (exact) mass is 456 g/mol. The standard InChI is InChI=1S/C23H21ClN2O2S2/c1-23(2)8-17(27)21-18(9-23)28-22(26)16(10-25)20(21)19-7-13(12-30-19)11-29-15-5-3-14(24)4-6-15/h3-7,12,20H,8-9,11,26H2,1-2H3/t20-/m1/s1. The predicted octanol–water partition coefficient (Wildman–Crippen LogP) is 6.14. The van der Waals surface area contributed by atoms with Crippen molar-refractivity contribution >= 4 is 40.5 Å². The van der Waals surface area contributed by atoms with E-state index in [1.807, 2.05) is 38.1 Å². The van der Waals surface area contributed by atoms with Crippen molar-refractivity contribution in [2.45, 2.75) is 43.3 Å². The number of thioether (sulfide) groups is 1. The molecule has 2 N–H and O–H groups in total. The Bertz CT molecular complexity index is 1110. The van der Waals surface area contributed by atoms with Gasteiger partial charge in [-0.3, -0.25) is 4.79 Å². The number of allylic oxidation sites excluding steroid dienone is 3. The van der Waals surface area contributed by atoms with E-state index in [-0.39, 0.29) is 17.1 Å². The Labute approximate surface area is 189 Å². The molecule has 0 fully saturated rings. The number of carbonyl (C=O) groups is 1. The van der Waals surface area contributed by atoms with Crippen LogP contribution in [0.5, 0.6) is 0 Å². The number of thiophene rings is 1. The van der Waals surface area contributed by atoms with Gasteiger partial charge in [-0.1, -0.05) is 25.4 Å². The molecule has 2 aromatic rings. The van der Waals surface area contributed by atoms with Gasteiger partial charge in [-0.2, -0.15) is 5.26 Å². The van der Waals surface area contributed by atoms with Crippen molar-refractivity contribution in [1.29, 1.82) is 5.26 Å². The van der Waals surface area contributed by atoms with Crippen LogP contribution in [0, 0.1) is 16.7 Å². The van der Waals surface area contributed by atoms with E-state index in [1.165, 1.54) is 0 Å². The second kappa shape index (κ2) is 8.14. The normalized spacial score (nSPS) is 20.6. The van der Waals surface area contributed by atoms with Crippen molar-refractivity contribution in [3.63, 3.8) is 0 Å². The van der Waals surface area contributed by atoms with Gasteiger partial charge in [-0.25, -0.2) is 0 Å². The van der Waals surface area contributed by atoms with Gasteiger partial charge in [0.05, 0.1) is 5.92 Å². The van der Waals surface area contributed by atoms with Gasteiger partial charge < -0.3 is 10.5 Å². The van der Waals surface area contributed by atoms with Crippen molar-refractivity contribution in [3.8, 4) is 6.07 Å². The summed E-state index contributed by atoms with van der Waals surface area (Å²) >= 11 is 9.22. The van der Waals surface area contributed by atoms with Crippen LogP contribution in [0.4, 0.5) is 0 Å². The zero-order valence-corrected chi connectivity index (χ0v) is 19.1. The van der Waals surface area contributed by atoms with E-state index in [4.69, 9.17) is 22.1 Å². The molecule has 2 heterocycles. The van der Waals surface area contributed by atoms with Crippen LogP contribution in [-0.4, -0.2) is 5.78 Å². The topological polar surface area (TPSA) is 76.1 Å². The molecular weight excluding hydrogens is 436 g/mol. The number of ketones is 1. The highest BCUT2D eigenvalue weighted by Crippen LogP contribution is 2.49. The second-order valence-electron chi connectivity index (χ2n) is 8.30. The van der Waals surface area contributed by atoms with E-state index in [0.717, 1.165) is 26.1 Å². The third-order valence-corrected chi connectivity index (χ3v) is 7.63. The summed E-state index contributed by atoms with van der Waals surface area (Å²) in [4.78, 5) is 15.1. The van der Waals surface area contributed by atoms with Gasteiger partial charge in [0.1, 0.15) is 17.4 Å². The van der Waals surface area contributed by atoms with Crippen LogP contribution in [0.15, 0.2) is 63.4 Å². The van der Waals surface area contributed by atoms with E-state index in [2.05, 4.69) is 17.5 Å². The first-order valence-electron chi connectivity index (χ1n) is 9.57. The largest absolute Gasteiger partial charge is 0.444 e. The molecule has 7 heteroatoms. The third kappa shape index (κ3) is 4.15. The fraction of sp³-hybridized carbons (Fsp3) is 0.304. The number of nitrogens with two attached hydrogens (primary N) is 1. The van der Waals surface area contributed by atoms with Gasteiger partial charge in [0.2, 0.25) is 5.88 Å². The minimum Gasteiger partial charge on any atom is -0.444 e. The minimum absolute atomic E-state index is 0.0389. The number of hydrogen-bond acceptors (Lipinski definition) is 6. The molecular formula is C23H21ClN2O2S2. The molecule has 1 aromatic heterocycles. The molecule has 0 saturated carbocycles. The highest BCUT2D eigenvalue weighted by atomic mass is 35.5. The van der Waals surface area contributed by atoms with Crippen molar-refractivity contribution in [2.24, 2.45) is 11.1 Å². The first-order chi connectivity index (χ1) is 14.3. The molecule has 0 bridgehead atoms. The molecule has 0 radical (unpaired) electrons. The molecule has 0 amide bonds. The first-order valence-corrected chi connectivity index (χ1v) is 11.8. The predicted molar refractivity (Wildman–Crippen MR) is 121 cm³/mol. The molecule has 0 spiro atoms. The zero-order chi connectivity index (χ0) is 21.5. The van der Waals surface area contributed by atoms with E-state index >= 15 is 0 Å². The molecule has 4 rings (SSSR count). The summed E-state index contributed by atoms with van der Waals surface area (Å²) in [5.74, 6) is 1.11. The first kappa shape index (κ1) is 21.0. The maximum Gasteiger partial charge on any atom is 0.205 e. The lowest BCUT2D eigenvalue weighted by Gasteiger charge is -2.36. The fourth-order valence-corrected chi connectivity index (χ4v) is 5.98. The molecule has 2 aliphatic rings. The van der Waals surface area contributed by atoms with Crippen LogP contribution in [-0.2, 0) is 15.3 Å². The Hall–Kier alpha value is -2.20. The van der Waals surface area contributed by atoms with E-state index in [9.17, 15) is 10.1 Å². The molecule has 30 heavy (non-hydrogen) atoms. The molecule has 1 aliphatic carbocycles.